The zero-order valence-corrected chi connectivity index (χ0v) is 16.5. The smallest absolute Gasteiger partial charge is 0.203 e. The molecule has 1 aromatic rings. The molecule has 0 amide bonds. The first-order chi connectivity index (χ1) is 12.7. The Morgan fingerprint density at radius 3 is 2.08 bits per heavy atom. The summed E-state index contributed by atoms with van der Waals surface area (Å²) in [6, 6.07) is 5.17. The van der Waals surface area contributed by atoms with Crippen LogP contribution in [0.15, 0.2) is 12.1 Å². The summed E-state index contributed by atoms with van der Waals surface area (Å²) < 4.78 is 16.4. The van der Waals surface area contributed by atoms with E-state index in [-0.39, 0.29) is 0 Å². The van der Waals surface area contributed by atoms with Gasteiger partial charge in [-0.1, -0.05) is 0 Å². The SMILES string of the molecule is COc1cc(C[NH+]2CC[NH+]([C@H]3C[C@H]4CC[C@@H]3C4)CC2)cc(OC)c1OC. The van der Waals surface area contributed by atoms with E-state index in [1.165, 1.54) is 57.4 Å². The molecule has 5 heteroatoms. The topological polar surface area (TPSA) is 36.6 Å². The van der Waals surface area contributed by atoms with Crippen LogP contribution in [0.25, 0.3) is 0 Å². The molecular formula is C21H34N2O3+2. The van der Waals surface area contributed by atoms with E-state index >= 15 is 0 Å². The van der Waals surface area contributed by atoms with Crippen LogP contribution in [0.3, 0.4) is 0 Å². The summed E-state index contributed by atoms with van der Waals surface area (Å²) in [6.07, 6.45) is 6.03. The molecule has 144 valence electrons. The zero-order chi connectivity index (χ0) is 18.1. The number of fused-ring (bicyclic) bond motifs is 2. The Balaban J connectivity index is 1.37. The first-order valence-electron chi connectivity index (χ1n) is 10.2. The number of ether oxygens (including phenoxy) is 3. The Labute approximate surface area is 157 Å². The van der Waals surface area contributed by atoms with Crippen molar-refractivity contribution in [2.45, 2.75) is 38.3 Å². The van der Waals surface area contributed by atoms with Crippen molar-refractivity contribution in [1.82, 2.24) is 0 Å². The third-order valence-corrected chi connectivity index (χ3v) is 7.04. The van der Waals surface area contributed by atoms with Gasteiger partial charge in [0.25, 0.3) is 0 Å². The van der Waals surface area contributed by atoms with Gasteiger partial charge < -0.3 is 24.0 Å². The maximum Gasteiger partial charge on any atom is 0.203 e. The second kappa shape index (κ2) is 7.65. The van der Waals surface area contributed by atoms with Gasteiger partial charge in [0, 0.05) is 17.9 Å². The van der Waals surface area contributed by atoms with E-state index in [0.29, 0.717) is 5.75 Å². The molecule has 26 heavy (non-hydrogen) atoms. The van der Waals surface area contributed by atoms with Crippen LogP contribution >= 0.6 is 0 Å². The van der Waals surface area contributed by atoms with Crippen LogP contribution in [-0.4, -0.2) is 53.6 Å². The van der Waals surface area contributed by atoms with E-state index in [1.54, 1.807) is 26.2 Å². The highest BCUT2D eigenvalue weighted by atomic mass is 16.5. The summed E-state index contributed by atoms with van der Waals surface area (Å²) in [5.74, 6) is 4.29. The summed E-state index contributed by atoms with van der Waals surface area (Å²) in [5.41, 5.74) is 1.26. The number of piperazine rings is 1. The van der Waals surface area contributed by atoms with E-state index in [1.807, 2.05) is 4.90 Å². The summed E-state index contributed by atoms with van der Waals surface area (Å²) in [4.78, 5) is 3.57. The van der Waals surface area contributed by atoms with Gasteiger partial charge in [-0.15, -0.1) is 0 Å². The number of hydrogen-bond donors (Lipinski definition) is 2. The highest BCUT2D eigenvalue weighted by molar-refractivity contribution is 5.53. The van der Waals surface area contributed by atoms with Crippen molar-refractivity contribution < 1.29 is 24.0 Å². The largest absolute Gasteiger partial charge is 0.493 e. The second-order valence-corrected chi connectivity index (χ2v) is 8.40. The van der Waals surface area contributed by atoms with Crippen LogP contribution in [0.2, 0.25) is 0 Å². The molecular weight excluding hydrogens is 328 g/mol. The minimum Gasteiger partial charge on any atom is -0.493 e. The molecule has 2 N–H and O–H groups in total. The fourth-order valence-corrected chi connectivity index (χ4v) is 5.74. The molecule has 4 rings (SSSR count). The van der Waals surface area contributed by atoms with Crippen LogP contribution in [-0.2, 0) is 6.54 Å². The second-order valence-electron chi connectivity index (χ2n) is 8.40. The number of rotatable bonds is 6. The monoisotopic (exact) mass is 362 g/mol. The van der Waals surface area contributed by atoms with Crippen molar-refractivity contribution in [3.8, 4) is 17.2 Å². The Kier molecular flexibility index (Phi) is 5.28. The molecule has 2 saturated carbocycles. The first kappa shape index (κ1) is 17.9. The fourth-order valence-electron chi connectivity index (χ4n) is 5.74. The molecule has 2 aliphatic carbocycles. The lowest BCUT2D eigenvalue weighted by atomic mass is 9.93. The van der Waals surface area contributed by atoms with Crippen molar-refractivity contribution in [2.24, 2.45) is 11.8 Å². The Hall–Kier alpha value is -1.46. The van der Waals surface area contributed by atoms with Gasteiger partial charge in [0.1, 0.15) is 32.7 Å². The van der Waals surface area contributed by atoms with E-state index in [4.69, 9.17) is 14.2 Å². The summed E-state index contributed by atoms with van der Waals surface area (Å²) >= 11 is 0. The fraction of sp³-hybridized carbons (Fsp3) is 0.714. The normalized spacial score (nSPS) is 33.3. The van der Waals surface area contributed by atoms with Gasteiger partial charge in [0.05, 0.1) is 27.4 Å². The molecule has 3 aliphatic rings. The standard InChI is InChI=1S/C21H32N2O3/c1-24-19-12-16(13-20(25-2)21(19)26-3)14-22-6-8-23(9-7-22)18-11-15-4-5-17(18)10-15/h12-13,15,17-18H,4-11,14H2,1-3H3/p+2/t15-,17+,18-/m0/s1. The number of nitrogens with one attached hydrogen (secondary N) is 2. The molecule has 3 atom stereocenters. The van der Waals surface area contributed by atoms with Crippen molar-refractivity contribution in [3.63, 3.8) is 0 Å². The Bertz CT molecular complexity index is 603. The van der Waals surface area contributed by atoms with E-state index < -0.39 is 0 Å². The highest BCUT2D eigenvalue weighted by Crippen LogP contribution is 2.43. The van der Waals surface area contributed by atoms with Crippen molar-refractivity contribution in [1.29, 1.82) is 0 Å². The van der Waals surface area contributed by atoms with Gasteiger partial charge in [-0.05, 0) is 37.3 Å². The minimum atomic E-state index is 0.680. The van der Waals surface area contributed by atoms with E-state index in [2.05, 4.69) is 12.1 Å². The Morgan fingerprint density at radius 1 is 0.885 bits per heavy atom. The third kappa shape index (κ3) is 3.39. The lowest BCUT2D eigenvalue weighted by Crippen LogP contribution is -3.29. The summed E-state index contributed by atoms with van der Waals surface area (Å²) in [7, 11) is 5.03. The van der Waals surface area contributed by atoms with Gasteiger partial charge in [0.2, 0.25) is 5.75 Å². The molecule has 1 saturated heterocycles. The van der Waals surface area contributed by atoms with E-state index in [0.717, 1.165) is 35.9 Å². The van der Waals surface area contributed by atoms with Gasteiger partial charge >= 0.3 is 0 Å². The van der Waals surface area contributed by atoms with Gasteiger partial charge in [-0.25, -0.2) is 0 Å². The molecule has 2 bridgehead atoms. The molecule has 5 nitrogen and oxygen atoms in total. The van der Waals surface area contributed by atoms with Crippen LogP contribution < -0.4 is 24.0 Å². The lowest BCUT2D eigenvalue weighted by Gasteiger charge is -2.36. The van der Waals surface area contributed by atoms with Crippen molar-refractivity contribution >= 4 is 0 Å². The number of quaternary nitrogens is 2. The number of benzene rings is 1. The van der Waals surface area contributed by atoms with Gasteiger partial charge in [-0.2, -0.15) is 0 Å². The summed E-state index contributed by atoms with van der Waals surface area (Å²) in [6.45, 7) is 6.21. The number of methoxy groups -OCH3 is 3. The van der Waals surface area contributed by atoms with Crippen LogP contribution in [0.5, 0.6) is 17.2 Å². The molecule has 0 radical (unpaired) electrons. The van der Waals surface area contributed by atoms with Crippen LogP contribution in [0.4, 0.5) is 0 Å². The lowest BCUT2D eigenvalue weighted by molar-refractivity contribution is -1.03. The van der Waals surface area contributed by atoms with Gasteiger partial charge in [0.15, 0.2) is 11.5 Å². The van der Waals surface area contributed by atoms with E-state index in [9.17, 15) is 0 Å². The van der Waals surface area contributed by atoms with Crippen LogP contribution in [0, 0.1) is 11.8 Å². The third-order valence-electron chi connectivity index (χ3n) is 7.04. The minimum absolute atomic E-state index is 0.680. The van der Waals surface area contributed by atoms with Crippen molar-refractivity contribution in [2.75, 3.05) is 47.5 Å². The van der Waals surface area contributed by atoms with Gasteiger partial charge in [-0.3, -0.25) is 0 Å². The zero-order valence-electron chi connectivity index (χ0n) is 16.5. The predicted octanol–water partition coefficient (Wildman–Crippen LogP) is 0.184. The molecule has 0 spiro atoms. The Morgan fingerprint density at radius 2 is 1.58 bits per heavy atom. The quantitative estimate of drug-likeness (QED) is 0.758. The average molecular weight is 363 g/mol. The predicted molar refractivity (Wildman–Crippen MR) is 100 cm³/mol. The maximum absolute atomic E-state index is 5.50. The molecule has 1 heterocycles. The molecule has 0 unspecified atom stereocenters. The highest BCUT2D eigenvalue weighted by Gasteiger charge is 2.46. The molecule has 1 aromatic carbocycles. The first-order valence-corrected chi connectivity index (χ1v) is 10.2. The van der Waals surface area contributed by atoms with Crippen molar-refractivity contribution in [3.05, 3.63) is 17.7 Å². The maximum atomic E-state index is 5.50. The number of hydrogen-bond acceptors (Lipinski definition) is 3. The molecule has 3 fully saturated rings. The van der Waals surface area contributed by atoms with Crippen LogP contribution in [0.1, 0.15) is 31.2 Å². The average Bonchev–Trinajstić information content (AvgIpc) is 3.31. The summed E-state index contributed by atoms with van der Waals surface area (Å²) in [5, 5.41) is 0. The molecule has 0 aromatic heterocycles. The molecule has 1 aliphatic heterocycles.